The van der Waals surface area contributed by atoms with Crippen LogP contribution in [0.3, 0.4) is 0 Å². The highest BCUT2D eigenvalue weighted by molar-refractivity contribution is 6.13. The van der Waals surface area contributed by atoms with Gasteiger partial charge in [0.05, 0.1) is 0 Å². The fourth-order valence-electron chi connectivity index (χ4n) is 3.04. The molecule has 0 atom stereocenters. The minimum atomic E-state index is -0.114. The van der Waals surface area contributed by atoms with Gasteiger partial charge in [-0.05, 0) is 25.0 Å². The van der Waals surface area contributed by atoms with Crippen LogP contribution in [0.4, 0.5) is 0 Å². The lowest BCUT2D eigenvalue weighted by Gasteiger charge is -2.34. The zero-order chi connectivity index (χ0) is 13.8. The van der Waals surface area contributed by atoms with Crippen LogP contribution in [-0.2, 0) is 5.41 Å². The van der Waals surface area contributed by atoms with Crippen molar-refractivity contribution in [3.8, 4) is 0 Å². The molecule has 1 aliphatic rings. The highest BCUT2D eigenvalue weighted by atomic mass is 16.1. The number of ketones is 1. The van der Waals surface area contributed by atoms with Crippen molar-refractivity contribution < 1.29 is 4.79 Å². The SMILES string of the molecule is Cc1ccc2c(c1)C(C)(C)c1cc(C)ccc1C2=O. The number of fused-ring (bicyclic) bond motifs is 2. The molecule has 2 aromatic rings. The van der Waals surface area contributed by atoms with E-state index in [1.54, 1.807) is 0 Å². The zero-order valence-electron chi connectivity index (χ0n) is 11.9. The molecule has 0 radical (unpaired) electrons. The summed E-state index contributed by atoms with van der Waals surface area (Å²) in [7, 11) is 0. The van der Waals surface area contributed by atoms with Crippen LogP contribution in [0.2, 0.25) is 0 Å². The Hall–Kier alpha value is -1.89. The van der Waals surface area contributed by atoms with Gasteiger partial charge in [-0.25, -0.2) is 0 Å². The molecule has 0 fully saturated rings. The molecular weight excluding hydrogens is 232 g/mol. The number of carbonyl (C=O) groups is 1. The monoisotopic (exact) mass is 250 g/mol. The van der Waals surface area contributed by atoms with Gasteiger partial charge in [-0.2, -0.15) is 0 Å². The highest BCUT2D eigenvalue weighted by Crippen LogP contribution is 2.41. The molecule has 0 bridgehead atoms. The molecule has 2 aromatic carbocycles. The van der Waals surface area contributed by atoms with E-state index in [-0.39, 0.29) is 11.2 Å². The second-order valence-corrected chi connectivity index (χ2v) is 6.05. The van der Waals surface area contributed by atoms with Gasteiger partial charge in [0.15, 0.2) is 5.78 Å². The van der Waals surface area contributed by atoms with Gasteiger partial charge >= 0.3 is 0 Å². The third kappa shape index (κ3) is 1.65. The lowest BCUT2D eigenvalue weighted by Crippen LogP contribution is -2.30. The van der Waals surface area contributed by atoms with Gasteiger partial charge in [-0.3, -0.25) is 4.79 Å². The Bertz CT molecular complexity index is 635. The van der Waals surface area contributed by atoms with Gasteiger partial charge in [0.2, 0.25) is 0 Å². The molecule has 0 aromatic heterocycles. The van der Waals surface area contributed by atoms with Crippen LogP contribution < -0.4 is 0 Å². The molecule has 0 unspecified atom stereocenters. The van der Waals surface area contributed by atoms with Crippen LogP contribution >= 0.6 is 0 Å². The van der Waals surface area contributed by atoms with E-state index in [1.807, 2.05) is 24.3 Å². The van der Waals surface area contributed by atoms with E-state index >= 15 is 0 Å². The van der Waals surface area contributed by atoms with Crippen molar-refractivity contribution in [1.29, 1.82) is 0 Å². The van der Waals surface area contributed by atoms with E-state index in [1.165, 1.54) is 11.1 Å². The number of aryl methyl sites for hydroxylation is 2. The van der Waals surface area contributed by atoms with E-state index in [2.05, 4.69) is 39.8 Å². The summed E-state index contributed by atoms with van der Waals surface area (Å²) in [6.07, 6.45) is 0. The van der Waals surface area contributed by atoms with Crippen molar-refractivity contribution in [2.75, 3.05) is 0 Å². The fraction of sp³-hybridized carbons (Fsp3) is 0.278. The minimum absolute atomic E-state index is 0.114. The van der Waals surface area contributed by atoms with Crippen LogP contribution in [0.5, 0.6) is 0 Å². The Morgan fingerprint density at radius 3 is 1.63 bits per heavy atom. The number of rotatable bonds is 0. The quantitative estimate of drug-likeness (QED) is 0.685. The Morgan fingerprint density at radius 1 is 0.789 bits per heavy atom. The second-order valence-electron chi connectivity index (χ2n) is 6.05. The number of carbonyl (C=O) groups excluding carboxylic acids is 1. The molecule has 96 valence electrons. The van der Waals surface area contributed by atoms with Gasteiger partial charge in [0, 0.05) is 16.5 Å². The summed E-state index contributed by atoms with van der Waals surface area (Å²) in [5.41, 5.74) is 6.30. The van der Waals surface area contributed by atoms with Gasteiger partial charge in [-0.1, -0.05) is 61.4 Å². The molecule has 1 heteroatoms. The van der Waals surface area contributed by atoms with Crippen molar-refractivity contribution in [3.05, 3.63) is 69.8 Å². The molecule has 0 amide bonds. The first-order chi connectivity index (χ1) is 8.91. The van der Waals surface area contributed by atoms with Gasteiger partial charge < -0.3 is 0 Å². The van der Waals surface area contributed by atoms with Gasteiger partial charge in [0.25, 0.3) is 0 Å². The molecule has 1 nitrogen and oxygen atoms in total. The first kappa shape index (κ1) is 12.2. The summed E-state index contributed by atoms with van der Waals surface area (Å²) in [5.74, 6) is 0.157. The molecule has 0 aliphatic heterocycles. The van der Waals surface area contributed by atoms with E-state index < -0.39 is 0 Å². The summed E-state index contributed by atoms with van der Waals surface area (Å²) < 4.78 is 0. The highest BCUT2D eigenvalue weighted by Gasteiger charge is 2.36. The smallest absolute Gasteiger partial charge is 0.193 e. The topological polar surface area (TPSA) is 17.1 Å². The summed E-state index contributed by atoms with van der Waals surface area (Å²) >= 11 is 0. The molecule has 0 saturated carbocycles. The van der Waals surface area contributed by atoms with Crippen molar-refractivity contribution in [3.63, 3.8) is 0 Å². The first-order valence-corrected chi connectivity index (χ1v) is 6.68. The van der Waals surface area contributed by atoms with E-state index in [0.717, 1.165) is 22.3 Å². The molecule has 0 N–H and O–H groups in total. The number of hydrogen-bond donors (Lipinski definition) is 0. The summed E-state index contributed by atoms with van der Waals surface area (Å²) in [6, 6.07) is 12.3. The minimum Gasteiger partial charge on any atom is -0.289 e. The maximum Gasteiger partial charge on any atom is 0.193 e. The fourth-order valence-corrected chi connectivity index (χ4v) is 3.04. The molecule has 3 rings (SSSR count). The molecule has 0 spiro atoms. The van der Waals surface area contributed by atoms with Gasteiger partial charge in [0.1, 0.15) is 0 Å². The summed E-state index contributed by atoms with van der Waals surface area (Å²) in [6.45, 7) is 8.56. The van der Waals surface area contributed by atoms with E-state index in [0.29, 0.717) is 0 Å². The van der Waals surface area contributed by atoms with Crippen molar-refractivity contribution >= 4 is 5.78 Å². The zero-order valence-corrected chi connectivity index (χ0v) is 11.9. The van der Waals surface area contributed by atoms with Crippen molar-refractivity contribution in [2.45, 2.75) is 33.1 Å². The Morgan fingerprint density at radius 2 is 1.21 bits per heavy atom. The normalized spacial score (nSPS) is 15.9. The van der Waals surface area contributed by atoms with Crippen LogP contribution in [-0.4, -0.2) is 5.78 Å². The lowest BCUT2D eigenvalue weighted by molar-refractivity contribution is 0.103. The van der Waals surface area contributed by atoms with Crippen molar-refractivity contribution in [1.82, 2.24) is 0 Å². The van der Waals surface area contributed by atoms with Crippen LogP contribution in [0.25, 0.3) is 0 Å². The van der Waals surface area contributed by atoms with Crippen LogP contribution in [0, 0.1) is 13.8 Å². The number of benzene rings is 2. The molecule has 1 aliphatic carbocycles. The third-order valence-electron chi connectivity index (χ3n) is 4.19. The standard InChI is InChI=1S/C18H18O/c1-11-5-7-13-15(9-11)18(3,4)16-10-12(2)6-8-14(16)17(13)19/h5-10H,1-4H3. The largest absolute Gasteiger partial charge is 0.289 e. The Balaban J connectivity index is 2.36. The van der Waals surface area contributed by atoms with Crippen LogP contribution in [0.15, 0.2) is 36.4 Å². The predicted molar refractivity (Wildman–Crippen MR) is 77.9 cm³/mol. The summed E-state index contributed by atoms with van der Waals surface area (Å²) in [5, 5.41) is 0. The predicted octanol–water partition coefficient (Wildman–Crippen LogP) is 4.17. The Labute approximate surface area is 114 Å². The Kier molecular flexibility index (Phi) is 2.43. The van der Waals surface area contributed by atoms with E-state index in [4.69, 9.17) is 0 Å². The second kappa shape index (κ2) is 3.80. The maximum absolute atomic E-state index is 12.6. The molecule has 0 saturated heterocycles. The van der Waals surface area contributed by atoms with Crippen molar-refractivity contribution in [2.24, 2.45) is 0 Å². The maximum atomic E-state index is 12.6. The average Bonchev–Trinajstić information content (AvgIpc) is 2.36. The first-order valence-electron chi connectivity index (χ1n) is 6.68. The summed E-state index contributed by atoms with van der Waals surface area (Å²) in [4.78, 5) is 12.6. The van der Waals surface area contributed by atoms with Crippen LogP contribution in [0.1, 0.15) is 52.0 Å². The average molecular weight is 250 g/mol. The van der Waals surface area contributed by atoms with E-state index in [9.17, 15) is 4.79 Å². The lowest BCUT2D eigenvalue weighted by atomic mass is 9.68. The number of hydrogen-bond acceptors (Lipinski definition) is 1. The molecule has 0 heterocycles. The molecule has 19 heavy (non-hydrogen) atoms. The third-order valence-corrected chi connectivity index (χ3v) is 4.19. The van der Waals surface area contributed by atoms with Gasteiger partial charge in [-0.15, -0.1) is 0 Å². The molecular formula is C18H18O.